The van der Waals surface area contributed by atoms with Gasteiger partial charge in [-0.2, -0.15) is 0 Å². The highest BCUT2D eigenvalue weighted by Gasteiger charge is 2.16. The Hall–Kier alpha value is -2.21. The Morgan fingerprint density at radius 3 is 2.65 bits per heavy atom. The fourth-order valence-corrected chi connectivity index (χ4v) is 2.63. The second-order valence-electron chi connectivity index (χ2n) is 4.90. The maximum absolute atomic E-state index is 12.1. The average molecular weight is 379 g/mol. The van der Waals surface area contributed by atoms with Gasteiger partial charge in [-0.3, -0.25) is 0 Å². The number of fused-ring (bicyclic) bond motifs is 1. The molecule has 0 fully saturated rings. The summed E-state index contributed by atoms with van der Waals surface area (Å²) in [4.78, 5) is 12.1. The van der Waals surface area contributed by atoms with E-state index in [0.717, 1.165) is 10.0 Å². The highest BCUT2D eigenvalue weighted by atomic mass is 79.9. The van der Waals surface area contributed by atoms with Gasteiger partial charge < -0.3 is 18.9 Å². The van der Waals surface area contributed by atoms with Crippen molar-refractivity contribution in [2.24, 2.45) is 0 Å². The zero-order valence-corrected chi connectivity index (χ0v) is 14.1. The Kier molecular flexibility index (Phi) is 4.71. The van der Waals surface area contributed by atoms with Gasteiger partial charge in [0.05, 0.1) is 12.7 Å². The summed E-state index contributed by atoms with van der Waals surface area (Å²) in [7, 11) is 1.55. The van der Waals surface area contributed by atoms with Gasteiger partial charge in [0, 0.05) is 10.0 Å². The molecular formula is C17H15BrO5. The van der Waals surface area contributed by atoms with E-state index in [0.29, 0.717) is 36.0 Å². The minimum absolute atomic E-state index is 0.132. The van der Waals surface area contributed by atoms with Gasteiger partial charge in [0.1, 0.15) is 25.6 Å². The van der Waals surface area contributed by atoms with Crippen LogP contribution in [-0.2, 0) is 11.3 Å². The summed E-state index contributed by atoms with van der Waals surface area (Å²) in [6.45, 7) is 1.18. The van der Waals surface area contributed by atoms with Crippen molar-refractivity contribution in [2.75, 3.05) is 20.3 Å². The Balaban J connectivity index is 1.71. The molecule has 3 rings (SSSR count). The van der Waals surface area contributed by atoms with Crippen LogP contribution in [0, 0.1) is 0 Å². The van der Waals surface area contributed by atoms with Crippen LogP contribution in [0.25, 0.3) is 0 Å². The van der Waals surface area contributed by atoms with Crippen LogP contribution in [0.4, 0.5) is 0 Å². The molecule has 5 nitrogen and oxygen atoms in total. The molecule has 0 N–H and O–H groups in total. The number of carbonyl (C=O) groups excluding carboxylic acids is 1. The number of rotatable bonds is 4. The first-order valence-electron chi connectivity index (χ1n) is 7.06. The summed E-state index contributed by atoms with van der Waals surface area (Å²) in [5, 5.41) is 0. The topological polar surface area (TPSA) is 54.0 Å². The first-order chi connectivity index (χ1) is 11.2. The first kappa shape index (κ1) is 15.7. The lowest BCUT2D eigenvalue weighted by Gasteiger charge is -2.19. The van der Waals surface area contributed by atoms with Gasteiger partial charge in [0.2, 0.25) is 0 Å². The van der Waals surface area contributed by atoms with Crippen LogP contribution in [0.5, 0.6) is 17.2 Å². The van der Waals surface area contributed by atoms with Crippen LogP contribution in [0.3, 0.4) is 0 Å². The molecule has 23 heavy (non-hydrogen) atoms. The van der Waals surface area contributed by atoms with Gasteiger partial charge in [-0.15, -0.1) is 0 Å². The van der Waals surface area contributed by atoms with Crippen LogP contribution in [0.2, 0.25) is 0 Å². The van der Waals surface area contributed by atoms with Gasteiger partial charge >= 0.3 is 5.97 Å². The van der Waals surface area contributed by atoms with Crippen molar-refractivity contribution in [1.29, 1.82) is 0 Å². The van der Waals surface area contributed by atoms with Crippen molar-refractivity contribution in [3.63, 3.8) is 0 Å². The fraction of sp³-hybridized carbons (Fsp3) is 0.235. The molecule has 1 aliphatic heterocycles. The quantitative estimate of drug-likeness (QED) is 0.761. The smallest absolute Gasteiger partial charge is 0.338 e. The number of methoxy groups -OCH3 is 1. The summed E-state index contributed by atoms with van der Waals surface area (Å²) < 4.78 is 22.3. The maximum Gasteiger partial charge on any atom is 0.338 e. The SMILES string of the molecule is COc1cccc(C(=O)OCc2cc3c(cc2Br)OCCO3)c1. The lowest BCUT2D eigenvalue weighted by Crippen LogP contribution is -2.15. The van der Waals surface area contributed by atoms with Crippen molar-refractivity contribution in [3.8, 4) is 17.2 Å². The van der Waals surface area contributed by atoms with Crippen molar-refractivity contribution >= 4 is 21.9 Å². The number of ether oxygens (including phenoxy) is 4. The van der Waals surface area contributed by atoms with E-state index in [-0.39, 0.29) is 6.61 Å². The Morgan fingerprint density at radius 1 is 1.17 bits per heavy atom. The van der Waals surface area contributed by atoms with E-state index in [1.807, 2.05) is 12.1 Å². The number of halogens is 1. The molecular weight excluding hydrogens is 364 g/mol. The van der Waals surface area contributed by atoms with Crippen LogP contribution >= 0.6 is 15.9 Å². The normalized spacial score (nSPS) is 12.6. The van der Waals surface area contributed by atoms with Crippen LogP contribution in [0.15, 0.2) is 40.9 Å². The maximum atomic E-state index is 12.1. The second-order valence-corrected chi connectivity index (χ2v) is 5.75. The molecule has 0 bridgehead atoms. The molecule has 6 heteroatoms. The number of benzene rings is 2. The second kappa shape index (κ2) is 6.91. The van der Waals surface area contributed by atoms with E-state index in [9.17, 15) is 4.79 Å². The zero-order valence-electron chi connectivity index (χ0n) is 12.5. The standard InChI is InChI=1S/C17H15BrO5/c1-20-13-4-2-3-11(7-13)17(19)23-10-12-8-15-16(9-14(12)18)22-6-5-21-15/h2-4,7-9H,5-6,10H2,1H3. The molecule has 0 radical (unpaired) electrons. The van der Waals surface area contributed by atoms with Crippen molar-refractivity contribution in [3.05, 3.63) is 52.0 Å². The predicted octanol–water partition coefficient (Wildman–Crippen LogP) is 3.59. The Bertz CT molecular complexity index is 729. The first-order valence-corrected chi connectivity index (χ1v) is 7.86. The molecule has 0 saturated carbocycles. The van der Waals surface area contributed by atoms with Crippen LogP contribution in [-0.4, -0.2) is 26.3 Å². The minimum Gasteiger partial charge on any atom is -0.497 e. The molecule has 0 amide bonds. The molecule has 0 aliphatic carbocycles. The van der Waals surface area contributed by atoms with Crippen LogP contribution < -0.4 is 14.2 Å². The third-order valence-electron chi connectivity index (χ3n) is 3.38. The Morgan fingerprint density at radius 2 is 1.91 bits per heavy atom. The summed E-state index contributed by atoms with van der Waals surface area (Å²) in [6.07, 6.45) is 0. The van der Waals surface area contributed by atoms with Crippen molar-refractivity contribution < 1.29 is 23.7 Å². The summed E-state index contributed by atoms with van der Waals surface area (Å²) >= 11 is 3.46. The van der Waals surface area contributed by atoms with Gasteiger partial charge in [0.15, 0.2) is 11.5 Å². The predicted molar refractivity (Wildman–Crippen MR) is 87.2 cm³/mol. The molecule has 1 heterocycles. The number of hydrogen-bond acceptors (Lipinski definition) is 5. The Labute approximate surface area is 142 Å². The van der Waals surface area contributed by atoms with E-state index in [2.05, 4.69) is 15.9 Å². The van der Waals surface area contributed by atoms with E-state index in [1.54, 1.807) is 31.4 Å². The van der Waals surface area contributed by atoms with Gasteiger partial charge in [-0.1, -0.05) is 22.0 Å². The number of esters is 1. The number of carbonyl (C=O) groups is 1. The molecule has 1 aliphatic rings. The largest absolute Gasteiger partial charge is 0.497 e. The van der Waals surface area contributed by atoms with Crippen LogP contribution in [0.1, 0.15) is 15.9 Å². The van der Waals surface area contributed by atoms with Crippen molar-refractivity contribution in [2.45, 2.75) is 6.61 Å². The molecule has 0 atom stereocenters. The number of hydrogen-bond donors (Lipinski definition) is 0. The third-order valence-corrected chi connectivity index (χ3v) is 4.11. The summed E-state index contributed by atoms with van der Waals surface area (Å²) in [5.41, 5.74) is 1.25. The molecule has 2 aromatic rings. The lowest BCUT2D eigenvalue weighted by molar-refractivity contribution is 0.0471. The summed E-state index contributed by atoms with van der Waals surface area (Å²) in [6, 6.07) is 10.5. The highest BCUT2D eigenvalue weighted by Crippen LogP contribution is 2.35. The van der Waals surface area contributed by atoms with E-state index in [1.165, 1.54) is 0 Å². The van der Waals surface area contributed by atoms with Gasteiger partial charge in [-0.05, 0) is 30.3 Å². The zero-order chi connectivity index (χ0) is 16.2. The van der Waals surface area contributed by atoms with E-state index < -0.39 is 5.97 Å². The molecule has 2 aromatic carbocycles. The average Bonchev–Trinajstić information content (AvgIpc) is 2.59. The molecule has 0 unspecified atom stereocenters. The highest BCUT2D eigenvalue weighted by molar-refractivity contribution is 9.10. The van der Waals surface area contributed by atoms with Crippen molar-refractivity contribution in [1.82, 2.24) is 0 Å². The molecule has 0 aromatic heterocycles. The molecule has 0 spiro atoms. The fourth-order valence-electron chi connectivity index (χ4n) is 2.19. The van der Waals surface area contributed by atoms with Gasteiger partial charge in [-0.25, -0.2) is 4.79 Å². The molecule has 120 valence electrons. The van der Waals surface area contributed by atoms with Gasteiger partial charge in [0.25, 0.3) is 0 Å². The minimum atomic E-state index is -0.411. The third kappa shape index (κ3) is 3.59. The van der Waals surface area contributed by atoms with E-state index in [4.69, 9.17) is 18.9 Å². The monoisotopic (exact) mass is 378 g/mol. The van der Waals surface area contributed by atoms with E-state index >= 15 is 0 Å². The summed E-state index contributed by atoms with van der Waals surface area (Å²) in [5.74, 6) is 1.54. The molecule has 0 saturated heterocycles. The lowest BCUT2D eigenvalue weighted by atomic mass is 10.2.